The maximum Gasteiger partial charge on any atom is 0.264 e. The molecule has 0 aliphatic carbocycles. The summed E-state index contributed by atoms with van der Waals surface area (Å²) in [5.74, 6) is 0.482. The Morgan fingerprint density at radius 3 is 2.29 bits per heavy atom. The van der Waals surface area contributed by atoms with Crippen LogP contribution in [0.4, 0.5) is 5.69 Å². The van der Waals surface area contributed by atoms with Gasteiger partial charge in [-0.3, -0.25) is 9.10 Å². The molecule has 1 amide bonds. The predicted molar refractivity (Wildman–Crippen MR) is 122 cm³/mol. The number of nitrogens with zero attached hydrogens (tertiary/aromatic N) is 1. The minimum absolute atomic E-state index is 0.173. The van der Waals surface area contributed by atoms with Gasteiger partial charge >= 0.3 is 0 Å². The molecule has 0 fully saturated rings. The summed E-state index contributed by atoms with van der Waals surface area (Å²) in [5, 5.41) is 3.03. The van der Waals surface area contributed by atoms with Crippen LogP contribution in [0.15, 0.2) is 83.8 Å². The van der Waals surface area contributed by atoms with E-state index in [1.807, 2.05) is 31.2 Å². The van der Waals surface area contributed by atoms with Crippen LogP contribution >= 0.6 is 0 Å². The second-order valence-corrected chi connectivity index (χ2v) is 9.01. The van der Waals surface area contributed by atoms with Crippen molar-refractivity contribution >= 4 is 21.6 Å². The minimum atomic E-state index is -3.72. The monoisotopic (exact) mass is 438 g/mol. The van der Waals surface area contributed by atoms with Crippen LogP contribution in [0, 0.1) is 0 Å². The molecule has 0 unspecified atom stereocenters. The smallest absolute Gasteiger partial charge is 0.264 e. The topological polar surface area (TPSA) is 75.7 Å². The Kier molecular flexibility index (Phi) is 6.97. The number of rotatable bonds is 8. The maximum absolute atomic E-state index is 12.9. The number of carbonyl (C=O) groups is 1. The van der Waals surface area contributed by atoms with E-state index < -0.39 is 10.0 Å². The van der Waals surface area contributed by atoms with Crippen molar-refractivity contribution in [2.75, 3.05) is 18.5 Å². The van der Waals surface area contributed by atoms with Gasteiger partial charge in [0.25, 0.3) is 15.9 Å². The highest BCUT2D eigenvalue weighted by molar-refractivity contribution is 7.92. The van der Waals surface area contributed by atoms with E-state index in [4.69, 9.17) is 4.74 Å². The first-order chi connectivity index (χ1) is 14.9. The molecular formula is C24H26N2O4S. The van der Waals surface area contributed by atoms with E-state index in [0.717, 1.165) is 11.3 Å². The lowest BCUT2D eigenvalue weighted by Crippen LogP contribution is -2.29. The predicted octanol–water partition coefficient (Wildman–Crippen LogP) is 4.40. The standard InChI is InChI=1S/C24H26N2O4S/c1-4-23(18-13-15-21(30-3)16-14-18)25-24(27)19-9-8-10-20(17-19)26(2)31(28,29)22-11-6-5-7-12-22/h5-17,23H,4H2,1-3H3,(H,25,27)/t23-/m1/s1. The number of anilines is 1. The molecule has 3 aromatic rings. The fraction of sp³-hybridized carbons (Fsp3) is 0.208. The highest BCUT2D eigenvalue weighted by Gasteiger charge is 2.22. The van der Waals surface area contributed by atoms with Crippen LogP contribution in [-0.2, 0) is 10.0 Å². The molecule has 0 saturated carbocycles. The zero-order chi connectivity index (χ0) is 22.4. The minimum Gasteiger partial charge on any atom is -0.497 e. The fourth-order valence-electron chi connectivity index (χ4n) is 3.23. The van der Waals surface area contributed by atoms with Crippen molar-refractivity contribution in [3.63, 3.8) is 0 Å². The van der Waals surface area contributed by atoms with Crippen molar-refractivity contribution in [3.8, 4) is 5.75 Å². The Morgan fingerprint density at radius 1 is 1.00 bits per heavy atom. The molecule has 0 bridgehead atoms. The normalized spacial score (nSPS) is 12.1. The number of methoxy groups -OCH3 is 1. The number of nitrogens with one attached hydrogen (secondary N) is 1. The van der Waals surface area contributed by atoms with Gasteiger partial charge in [-0.15, -0.1) is 0 Å². The number of sulfonamides is 1. The van der Waals surface area contributed by atoms with Gasteiger partial charge < -0.3 is 10.1 Å². The first kappa shape index (κ1) is 22.4. The third kappa shape index (κ3) is 5.06. The van der Waals surface area contributed by atoms with Crippen molar-refractivity contribution < 1.29 is 17.9 Å². The molecule has 1 N–H and O–H groups in total. The van der Waals surface area contributed by atoms with E-state index in [2.05, 4.69) is 5.32 Å². The maximum atomic E-state index is 12.9. The van der Waals surface area contributed by atoms with Crippen LogP contribution in [-0.4, -0.2) is 28.5 Å². The summed E-state index contributed by atoms with van der Waals surface area (Å²) in [7, 11) is -0.637. The van der Waals surface area contributed by atoms with E-state index in [1.54, 1.807) is 61.7 Å². The van der Waals surface area contributed by atoms with E-state index in [0.29, 0.717) is 17.7 Å². The molecule has 6 nitrogen and oxygen atoms in total. The molecule has 31 heavy (non-hydrogen) atoms. The number of benzene rings is 3. The molecule has 1 atom stereocenters. The molecule has 0 aliphatic rings. The van der Waals surface area contributed by atoms with Gasteiger partial charge in [-0.1, -0.05) is 43.3 Å². The van der Waals surface area contributed by atoms with Gasteiger partial charge in [0.1, 0.15) is 5.75 Å². The van der Waals surface area contributed by atoms with Gasteiger partial charge in [-0.2, -0.15) is 0 Å². The first-order valence-corrected chi connectivity index (χ1v) is 11.4. The summed E-state index contributed by atoms with van der Waals surface area (Å²) in [6.45, 7) is 1.99. The van der Waals surface area contributed by atoms with Gasteiger partial charge in [0.2, 0.25) is 0 Å². The molecule has 0 radical (unpaired) electrons. The lowest BCUT2D eigenvalue weighted by Gasteiger charge is -2.21. The second kappa shape index (κ2) is 9.66. The number of hydrogen-bond donors (Lipinski definition) is 1. The fourth-order valence-corrected chi connectivity index (χ4v) is 4.44. The Labute approximate surface area is 183 Å². The Morgan fingerprint density at radius 2 is 1.68 bits per heavy atom. The van der Waals surface area contributed by atoms with Gasteiger partial charge in [0.15, 0.2) is 0 Å². The molecule has 162 valence electrons. The van der Waals surface area contributed by atoms with Crippen molar-refractivity contribution in [3.05, 3.63) is 90.0 Å². The quantitative estimate of drug-likeness (QED) is 0.566. The van der Waals surface area contributed by atoms with Gasteiger partial charge in [-0.25, -0.2) is 8.42 Å². The van der Waals surface area contributed by atoms with Crippen molar-refractivity contribution in [1.82, 2.24) is 5.32 Å². The van der Waals surface area contributed by atoms with Crippen molar-refractivity contribution in [2.24, 2.45) is 0 Å². The highest BCUT2D eigenvalue weighted by Crippen LogP contribution is 2.24. The zero-order valence-electron chi connectivity index (χ0n) is 17.8. The zero-order valence-corrected chi connectivity index (χ0v) is 18.6. The van der Waals surface area contributed by atoms with E-state index in [1.165, 1.54) is 11.4 Å². The van der Waals surface area contributed by atoms with Crippen LogP contribution in [0.3, 0.4) is 0 Å². The SMILES string of the molecule is CC[C@@H](NC(=O)c1cccc(N(C)S(=O)(=O)c2ccccc2)c1)c1ccc(OC)cc1. The van der Waals surface area contributed by atoms with Crippen LogP contribution < -0.4 is 14.4 Å². The summed E-state index contributed by atoms with van der Waals surface area (Å²) in [6.07, 6.45) is 0.708. The van der Waals surface area contributed by atoms with E-state index in [9.17, 15) is 13.2 Å². The van der Waals surface area contributed by atoms with Crippen molar-refractivity contribution in [1.29, 1.82) is 0 Å². The Hall–Kier alpha value is -3.32. The third-order valence-electron chi connectivity index (χ3n) is 5.11. The molecule has 3 aromatic carbocycles. The van der Waals surface area contributed by atoms with E-state index in [-0.39, 0.29) is 16.8 Å². The lowest BCUT2D eigenvalue weighted by atomic mass is 10.0. The van der Waals surface area contributed by atoms with E-state index >= 15 is 0 Å². The Balaban J connectivity index is 1.80. The van der Waals surface area contributed by atoms with Crippen LogP contribution in [0.5, 0.6) is 5.75 Å². The van der Waals surface area contributed by atoms with Gasteiger partial charge in [-0.05, 0) is 54.4 Å². The van der Waals surface area contributed by atoms with Gasteiger partial charge in [0.05, 0.1) is 23.7 Å². The summed E-state index contributed by atoms with van der Waals surface area (Å²) in [5.41, 5.74) is 1.77. The van der Waals surface area contributed by atoms with Gasteiger partial charge in [0, 0.05) is 12.6 Å². The largest absolute Gasteiger partial charge is 0.497 e. The summed E-state index contributed by atoms with van der Waals surface area (Å²) < 4.78 is 32.1. The molecule has 0 heterocycles. The summed E-state index contributed by atoms with van der Waals surface area (Å²) in [4.78, 5) is 13.1. The molecule has 7 heteroatoms. The first-order valence-electron chi connectivity index (χ1n) is 9.95. The van der Waals surface area contributed by atoms with Crippen LogP contribution in [0.1, 0.15) is 35.3 Å². The summed E-state index contributed by atoms with van der Waals surface area (Å²) in [6, 6.07) is 22.2. The number of hydrogen-bond acceptors (Lipinski definition) is 4. The molecule has 0 saturated heterocycles. The second-order valence-electron chi connectivity index (χ2n) is 7.04. The number of amides is 1. The molecule has 3 rings (SSSR count). The molecular weight excluding hydrogens is 412 g/mol. The van der Waals surface area contributed by atoms with Crippen LogP contribution in [0.2, 0.25) is 0 Å². The highest BCUT2D eigenvalue weighted by atomic mass is 32.2. The van der Waals surface area contributed by atoms with Crippen LogP contribution in [0.25, 0.3) is 0 Å². The average Bonchev–Trinajstić information content (AvgIpc) is 2.82. The molecule has 0 aromatic heterocycles. The summed E-state index contributed by atoms with van der Waals surface area (Å²) >= 11 is 0. The average molecular weight is 439 g/mol. The third-order valence-corrected chi connectivity index (χ3v) is 6.91. The molecule has 0 aliphatic heterocycles. The number of carbonyl (C=O) groups excluding carboxylic acids is 1. The van der Waals surface area contributed by atoms with Crippen molar-refractivity contribution in [2.45, 2.75) is 24.3 Å². The lowest BCUT2D eigenvalue weighted by molar-refractivity contribution is 0.0935. The Bertz CT molecular complexity index is 1130. The number of ether oxygens (including phenoxy) is 1. The molecule has 0 spiro atoms.